The fourth-order valence-electron chi connectivity index (χ4n) is 1.01. The number of rotatable bonds is 5. The van der Waals surface area contributed by atoms with E-state index in [1.807, 2.05) is 0 Å². The molecule has 0 radical (unpaired) electrons. The maximum atomic E-state index is 12.3. The molecule has 0 saturated carbocycles. The molecular formula is C7H9ClF2N2O3S. The monoisotopic (exact) mass is 274 g/mol. The average molecular weight is 275 g/mol. The van der Waals surface area contributed by atoms with E-state index < -0.39 is 20.5 Å². The Labute approximate surface area is 95.4 Å². The van der Waals surface area contributed by atoms with Crippen molar-refractivity contribution in [2.45, 2.75) is 25.0 Å². The second-order valence-electron chi connectivity index (χ2n) is 2.77. The van der Waals surface area contributed by atoms with Crippen molar-refractivity contribution in [2.24, 2.45) is 0 Å². The summed E-state index contributed by atoms with van der Waals surface area (Å²) in [6, 6.07) is 0. The molecule has 0 spiro atoms. The first kappa shape index (κ1) is 13.3. The third-order valence-corrected chi connectivity index (χ3v) is 3.04. The lowest BCUT2D eigenvalue weighted by atomic mass is 10.5. The molecule has 16 heavy (non-hydrogen) atoms. The van der Waals surface area contributed by atoms with Gasteiger partial charge in [-0.05, 0) is 6.92 Å². The fourth-order valence-corrected chi connectivity index (χ4v) is 2.02. The van der Waals surface area contributed by atoms with Gasteiger partial charge in [0, 0.05) is 17.3 Å². The Morgan fingerprint density at radius 2 is 2.25 bits per heavy atom. The Morgan fingerprint density at radius 1 is 1.62 bits per heavy atom. The van der Waals surface area contributed by atoms with E-state index in [9.17, 15) is 17.2 Å². The van der Waals surface area contributed by atoms with Crippen molar-refractivity contribution in [3.63, 3.8) is 0 Å². The van der Waals surface area contributed by atoms with Crippen LogP contribution in [0.15, 0.2) is 11.1 Å². The molecule has 0 saturated heterocycles. The van der Waals surface area contributed by atoms with E-state index in [1.165, 1.54) is 0 Å². The summed E-state index contributed by atoms with van der Waals surface area (Å²) in [6.07, 6.45) is 0.682. The Balaban J connectivity index is 3.13. The van der Waals surface area contributed by atoms with Gasteiger partial charge in [-0.2, -0.15) is 13.9 Å². The summed E-state index contributed by atoms with van der Waals surface area (Å²) in [5.41, 5.74) is -0.128. The lowest BCUT2D eigenvalue weighted by Gasteiger charge is -1.99. The van der Waals surface area contributed by atoms with Gasteiger partial charge in [0.15, 0.2) is 0 Å². The molecule has 9 heteroatoms. The lowest BCUT2D eigenvalue weighted by molar-refractivity contribution is 0.0545. The van der Waals surface area contributed by atoms with Gasteiger partial charge in [0.1, 0.15) is 10.6 Å². The van der Waals surface area contributed by atoms with Crippen LogP contribution in [0.3, 0.4) is 0 Å². The zero-order valence-corrected chi connectivity index (χ0v) is 9.80. The van der Waals surface area contributed by atoms with Gasteiger partial charge in [0.05, 0.1) is 12.8 Å². The first-order valence-corrected chi connectivity index (χ1v) is 6.55. The zero-order valence-electron chi connectivity index (χ0n) is 8.23. The summed E-state index contributed by atoms with van der Waals surface area (Å²) in [6.45, 7) is -1.12. The first-order valence-electron chi connectivity index (χ1n) is 4.24. The molecule has 0 aliphatic rings. The Bertz CT molecular complexity index is 460. The Morgan fingerprint density at radius 3 is 2.69 bits per heavy atom. The minimum Gasteiger partial charge on any atom is -0.375 e. The van der Waals surface area contributed by atoms with Crippen molar-refractivity contribution in [3.05, 3.63) is 11.9 Å². The highest BCUT2D eigenvalue weighted by Crippen LogP contribution is 2.22. The molecule has 0 amide bonds. The van der Waals surface area contributed by atoms with Crippen LogP contribution >= 0.6 is 10.7 Å². The van der Waals surface area contributed by atoms with Crippen molar-refractivity contribution in [3.8, 4) is 0 Å². The van der Waals surface area contributed by atoms with Gasteiger partial charge in [0.2, 0.25) is 0 Å². The molecule has 0 atom stereocenters. The van der Waals surface area contributed by atoms with Crippen LogP contribution in [0.5, 0.6) is 0 Å². The SMILES string of the molecule is CCOCc1nn(C(F)F)cc1S(=O)(=O)Cl. The number of alkyl halides is 2. The van der Waals surface area contributed by atoms with Gasteiger partial charge in [-0.15, -0.1) is 0 Å². The van der Waals surface area contributed by atoms with Gasteiger partial charge in [-0.25, -0.2) is 13.1 Å². The van der Waals surface area contributed by atoms with Gasteiger partial charge < -0.3 is 4.74 Å². The predicted octanol–water partition coefficient (Wildman–Crippen LogP) is 1.74. The topological polar surface area (TPSA) is 61.2 Å². The van der Waals surface area contributed by atoms with Crippen LogP contribution in [0, 0.1) is 0 Å². The van der Waals surface area contributed by atoms with Crippen LogP contribution in [0.2, 0.25) is 0 Å². The third-order valence-electron chi connectivity index (χ3n) is 1.68. The highest BCUT2D eigenvalue weighted by Gasteiger charge is 2.22. The number of hydrogen-bond acceptors (Lipinski definition) is 4. The van der Waals surface area contributed by atoms with Crippen molar-refractivity contribution >= 4 is 19.7 Å². The van der Waals surface area contributed by atoms with Gasteiger partial charge >= 0.3 is 6.55 Å². The lowest BCUT2D eigenvalue weighted by Crippen LogP contribution is -2.01. The molecule has 0 bridgehead atoms. The quantitative estimate of drug-likeness (QED) is 0.768. The normalized spacial score (nSPS) is 12.3. The van der Waals surface area contributed by atoms with Gasteiger partial charge in [-0.3, -0.25) is 0 Å². The summed E-state index contributed by atoms with van der Waals surface area (Å²) >= 11 is 0. The highest BCUT2D eigenvalue weighted by atomic mass is 35.7. The molecule has 1 aromatic heterocycles. The number of halogens is 3. The van der Waals surface area contributed by atoms with Gasteiger partial charge in [-0.1, -0.05) is 0 Å². The minimum atomic E-state index is -4.10. The third kappa shape index (κ3) is 3.13. The second kappa shape index (κ2) is 5.07. The van der Waals surface area contributed by atoms with E-state index in [4.69, 9.17) is 15.4 Å². The molecule has 0 aliphatic heterocycles. The van der Waals surface area contributed by atoms with E-state index in [1.54, 1.807) is 6.92 Å². The van der Waals surface area contributed by atoms with E-state index in [0.29, 0.717) is 12.8 Å². The highest BCUT2D eigenvalue weighted by molar-refractivity contribution is 8.13. The van der Waals surface area contributed by atoms with Crippen molar-refractivity contribution < 1.29 is 21.9 Å². The Kier molecular flexibility index (Phi) is 4.22. The summed E-state index contributed by atoms with van der Waals surface area (Å²) in [7, 11) is 0.978. The number of ether oxygens (including phenoxy) is 1. The zero-order chi connectivity index (χ0) is 12.3. The molecule has 0 fully saturated rings. The molecule has 92 valence electrons. The van der Waals surface area contributed by atoms with E-state index in [0.717, 1.165) is 0 Å². The van der Waals surface area contributed by atoms with E-state index >= 15 is 0 Å². The van der Waals surface area contributed by atoms with Crippen LogP contribution in [-0.4, -0.2) is 24.8 Å². The summed E-state index contributed by atoms with van der Waals surface area (Å²) < 4.78 is 51.8. The maximum Gasteiger partial charge on any atom is 0.333 e. The largest absolute Gasteiger partial charge is 0.375 e. The molecule has 1 rings (SSSR count). The number of aromatic nitrogens is 2. The maximum absolute atomic E-state index is 12.3. The number of nitrogens with zero attached hydrogens (tertiary/aromatic N) is 2. The molecule has 5 nitrogen and oxygen atoms in total. The van der Waals surface area contributed by atoms with Crippen molar-refractivity contribution in [1.82, 2.24) is 9.78 Å². The van der Waals surface area contributed by atoms with Crippen molar-refractivity contribution in [1.29, 1.82) is 0 Å². The number of hydrogen-bond donors (Lipinski definition) is 0. The average Bonchev–Trinajstić information content (AvgIpc) is 2.57. The first-order chi connectivity index (χ1) is 7.36. The summed E-state index contributed by atoms with van der Waals surface area (Å²) in [4.78, 5) is -0.456. The van der Waals surface area contributed by atoms with Gasteiger partial charge in [0.25, 0.3) is 9.05 Å². The molecule has 1 heterocycles. The fraction of sp³-hybridized carbons (Fsp3) is 0.571. The van der Waals surface area contributed by atoms with E-state index in [-0.39, 0.29) is 17.0 Å². The van der Waals surface area contributed by atoms with Crippen molar-refractivity contribution in [2.75, 3.05) is 6.61 Å². The van der Waals surface area contributed by atoms with Crippen LogP contribution in [-0.2, 0) is 20.4 Å². The van der Waals surface area contributed by atoms with E-state index in [2.05, 4.69) is 5.10 Å². The second-order valence-corrected chi connectivity index (χ2v) is 5.31. The van der Waals surface area contributed by atoms with Crippen LogP contribution in [0.25, 0.3) is 0 Å². The van der Waals surface area contributed by atoms with Crippen LogP contribution in [0.1, 0.15) is 19.2 Å². The predicted molar refractivity (Wildman–Crippen MR) is 51.8 cm³/mol. The molecule has 0 unspecified atom stereocenters. The standard InChI is InChI=1S/C7H9ClF2N2O3S/c1-2-15-4-5-6(16(8,13)14)3-12(11-5)7(9)10/h3,7H,2,4H2,1H3. The smallest absolute Gasteiger partial charge is 0.333 e. The summed E-state index contributed by atoms with van der Waals surface area (Å²) in [5.74, 6) is 0. The Hall–Kier alpha value is -0.730. The van der Waals surface area contributed by atoms with Crippen LogP contribution < -0.4 is 0 Å². The summed E-state index contributed by atoms with van der Waals surface area (Å²) in [5, 5.41) is 3.39. The molecule has 0 aromatic carbocycles. The van der Waals surface area contributed by atoms with Crippen LogP contribution in [0.4, 0.5) is 8.78 Å². The molecular weight excluding hydrogens is 266 g/mol. The molecule has 1 aromatic rings. The minimum absolute atomic E-state index is 0.128. The molecule has 0 N–H and O–H groups in total. The molecule has 0 aliphatic carbocycles.